The minimum atomic E-state index is -0.405. The van der Waals surface area contributed by atoms with E-state index in [1.54, 1.807) is 7.11 Å². The number of allylic oxidation sites excluding steroid dienone is 1. The molecule has 1 spiro atoms. The van der Waals surface area contributed by atoms with Crippen LogP contribution in [0.25, 0.3) is 0 Å². The summed E-state index contributed by atoms with van der Waals surface area (Å²) >= 11 is 5.59. The summed E-state index contributed by atoms with van der Waals surface area (Å²) < 4.78 is 23.3. The third-order valence-corrected chi connectivity index (χ3v) is 5.85. The number of hydrogen-bond acceptors (Lipinski definition) is 5. The molecule has 2 saturated heterocycles. The Bertz CT molecular complexity index is 526. The Morgan fingerprint density at radius 3 is 2.67 bits per heavy atom. The highest BCUT2D eigenvalue weighted by atomic mass is 35.5. The SMILES string of the molecule is CO[C@@H]1[C@H](OC(=O)CCl)CC[C@]2(CO2)[C@H]1[C@@]1(C)O[C@@H]1CC=C(C)C. The van der Waals surface area contributed by atoms with Crippen molar-refractivity contribution in [2.45, 2.75) is 69.5 Å². The summed E-state index contributed by atoms with van der Waals surface area (Å²) in [5.41, 5.74) is 0.778. The van der Waals surface area contributed by atoms with E-state index in [0.717, 1.165) is 25.9 Å². The van der Waals surface area contributed by atoms with Crippen molar-refractivity contribution in [3.8, 4) is 0 Å². The Hall–Kier alpha value is -0.620. The summed E-state index contributed by atoms with van der Waals surface area (Å²) in [6, 6.07) is 0. The van der Waals surface area contributed by atoms with Crippen LogP contribution in [0.1, 0.15) is 40.0 Å². The van der Waals surface area contributed by atoms with Gasteiger partial charge in [-0.2, -0.15) is 0 Å². The first-order valence-electron chi connectivity index (χ1n) is 8.59. The summed E-state index contributed by atoms with van der Waals surface area (Å²) in [5.74, 6) is -0.499. The van der Waals surface area contributed by atoms with Gasteiger partial charge in [0.15, 0.2) is 0 Å². The second-order valence-corrected chi connectivity index (χ2v) is 7.81. The molecule has 0 aromatic carbocycles. The Labute approximate surface area is 148 Å². The van der Waals surface area contributed by atoms with Crippen molar-refractivity contribution in [3.63, 3.8) is 0 Å². The Morgan fingerprint density at radius 1 is 1.42 bits per heavy atom. The fraction of sp³-hybridized carbons (Fsp3) is 0.833. The quantitative estimate of drug-likeness (QED) is 0.316. The van der Waals surface area contributed by atoms with E-state index in [1.165, 1.54) is 5.57 Å². The van der Waals surface area contributed by atoms with Crippen molar-refractivity contribution < 1.29 is 23.7 Å². The first-order chi connectivity index (χ1) is 11.4. The summed E-state index contributed by atoms with van der Waals surface area (Å²) in [7, 11) is 1.66. The van der Waals surface area contributed by atoms with Gasteiger partial charge >= 0.3 is 5.97 Å². The highest BCUT2D eigenvalue weighted by Gasteiger charge is 2.72. The van der Waals surface area contributed by atoms with Crippen LogP contribution >= 0.6 is 11.6 Å². The predicted octanol–water partition coefficient (Wildman–Crippen LogP) is 2.84. The van der Waals surface area contributed by atoms with Crippen molar-refractivity contribution in [3.05, 3.63) is 11.6 Å². The van der Waals surface area contributed by atoms with Crippen LogP contribution < -0.4 is 0 Å². The van der Waals surface area contributed by atoms with Gasteiger partial charge < -0.3 is 18.9 Å². The number of ether oxygens (including phenoxy) is 4. The Kier molecular flexibility index (Phi) is 5.00. The van der Waals surface area contributed by atoms with Gasteiger partial charge in [0, 0.05) is 7.11 Å². The molecule has 0 amide bonds. The van der Waals surface area contributed by atoms with E-state index in [1.807, 2.05) is 0 Å². The van der Waals surface area contributed by atoms with Gasteiger partial charge in [-0.1, -0.05) is 11.6 Å². The average Bonchev–Trinajstić information content (AvgIpc) is 3.45. The van der Waals surface area contributed by atoms with Gasteiger partial charge in [-0.05, 0) is 40.0 Å². The van der Waals surface area contributed by atoms with Gasteiger partial charge in [0.1, 0.15) is 29.3 Å². The average molecular weight is 359 g/mol. The van der Waals surface area contributed by atoms with Gasteiger partial charge in [0.2, 0.25) is 0 Å². The molecule has 136 valence electrons. The zero-order valence-electron chi connectivity index (χ0n) is 14.8. The molecule has 2 heterocycles. The molecule has 6 atom stereocenters. The van der Waals surface area contributed by atoms with E-state index in [-0.39, 0.29) is 41.3 Å². The molecule has 1 aliphatic carbocycles. The minimum absolute atomic E-state index is 0.0486. The number of alkyl halides is 1. The van der Waals surface area contributed by atoms with Gasteiger partial charge in [-0.25, -0.2) is 0 Å². The predicted molar refractivity (Wildman–Crippen MR) is 90.1 cm³/mol. The van der Waals surface area contributed by atoms with E-state index < -0.39 is 5.97 Å². The molecule has 24 heavy (non-hydrogen) atoms. The zero-order chi connectivity index (χ0) is 17.5. The van der Waals surface area contributed by atoms with Crippen LogP contribution in [0.4, 0.5) is 0 Å². The van der Waals surface area contributed by atoms with Crippen molar-refractivity contribution in [1.29, 1.82) is 0 Å². The first kappa shape index (κ1) is 18.2. The molecule has 0 aromatic heterocycles. The number of halogens is 1. The lowest BCUT2D eigenvalue weighted by Gasteiger charge is -2.42. The van der Waals surface area contributed by atoms with E-state index >= 15 is 0 Å². The third kappa shape index (κ3) is 3.24. The number of methoxy groups -OCH3 is 1. The van der Waals surface area contributed by atoms with Crippen LogP contribution in [0, 0.1) is 5.92 Å². The maximum atomic E-state index is 11.7. The summed E-state index contributed by atoms with van der Waals surface area (Å²) in [6.07, 6.45) is 4.28. The molecular formula is C18H27ClO5. The summed E-state index contributed by atoms with van der Waals surface area (Å²) in [6.45, 7) is 7.03. The molecule has 0 radical (unpaired) electrons. The normalized spacial score (nSPS) is 43.4. The molecule has 2 aliphatic heterocycles. The number of rotatable bonds is 6. The van der Waals surface area contributed by atoms with Crippen LogP contribution in [-0.4, -0.2) is 55.1 Å². The molecule has 6 heteroatoms. The second-order valence-electron chi connectivity index (χ2n) is 7.54. The van der Waals surface area contributed by atoms with Crippen molar-refractivity contribution >= 4 is 17.6 Å². The molecule has 0 N–H and O–H groups in total. The minimum Gasteiger partial charge on any atom is -0.459 e. The van der Waals surface area contributed by atoms with Crippen LogP contribution in [0.5, 0.6) is 0 Å². The molecular weight excluding hydrogens is 332 g/mol. The molecule has 3 aliphatic rings. The topological polar surface area (TPSA) is 60.6 Å². The fourth-order valence-corrected chi connectivity index (χ4v) is 4.33. The van der Waals surface area contributed by atoms with E-state index in [9.17, 15) is 4.79 Å². The van der Waals surface area contributed by atoms with Crippen LogP contribution in [0.3, 0.4) is 0 Å². The molecule has 1 saturated carbocycles. The van der Waals surface area contributed by atoms with Gasteiger partial charge in [0.25, 0.3) is 0 Å². The van der Waals surface area contributed by atoms with E-state index in [2.05, 4.69) is 26.8 Å². The molecule has 0 unspecified atom stereocenters. The van der Waals surface area contributed by atoms with E-state index in [0.29, 0.717) is 0 Å². The largest absolute Gasteiger partial charge is 0.459 e. The Morgan fingerprint density at radius 2 is 2.12 bits per heavy atom. The third-order valence-electron chi connectivity index (χ3n) is 5.63. The number of epoxide rings is 2. The van der Waals surface area contributed by atoms with Crippen molar-refractivity contribution in [1.82, 2.24) is 0 Å². The lowest BCUT2D eigenvalue weighted by molar-refractivity contribution is -0.169. The van der Waals surface area contributed by atoms with Crippen LogP contribution in [0.2, 0.25) is 0 Å². The summed E-state index contributed by atoms with van der Waals surface area (Å²) in [4.78, 5) is 11.7. The monoisotopic (exact) mass is 358 g/mol. The number of carbonyl (C=O) groups excluding carboxylic acids is 1. The maximum absolute atomic E-state index is 11.7. The van der Waals surface area contributed by atoms with Crippen molar-refractivity contribution in [2.75, 3.05) is 19.6 Å². The number of esters is 1. The fourth-order valence-electron chi connectivity index (χ4n) is 4.27. The van der Waals surface area contributed by atoms with Crippen molar-refractivity contribution in [2.24, 2.45) is 5.92 Å². The standard InChI is InChI=1S/C18H27ClO5/c1-11(2)5-6-13-17(3,24-13)16-15(21-4)12(23-14(20)9-19)7-8-18(16)10-22-18/h5,12-13,15-16H,6-10H2,1-4H3/t12-,13-,15-,16-,17+,18+/m1/s1. The molecule has 3 fully saturated rings. The number of hydrogen-bond donors (Lipinski definition) is 0. The molecule has 5 nitrogen and oxygen atoms in total. The second kappa shape index (κ2) is 6.60. The number of carbonyl (C=O) groups is 1. The van der Waals surface area contributed by atoms with Crippen LogP contribution in [0.15, 0.2) is 11.6 Å². The van der Waals surface area contributed by atoms with Gasteiger partial charge in [0.05, 0.1) is 18.6 Å². The highest BCUT2D eigenvalue weighted by Crippen LogP contribution is 2.59. The smallest absolute Gasteiger partial charge is 0.321 e. The van der Waals surface area contributed by atoms with Gasteiger partial charge in [-0.15, -0.1) is 11.6 Å². The molecule has 0 aromatic rings. The first-order valence-corrected chi connectivity index (χ1v) is 9.13. The summed E-state index contributed by atoms with van der Waals surface area (Å²) in [5, 5.41) is 0. The molecule has 0 bridgehead atoms. The maximum Gasteiger partial charge on any atom is 0.321 e. The zero-order valence-corrected chi connectivity index (χ0v) is 15.6. The van der Waals surface area contributed by atoms with E-state index in [4.69, 9.17) is 30.5 Å². The van der Waals surface area contributed by atoms with Crippen LogP contribution in [-0.2, 0) is 23.7 Å². The molecule has 3 rings (SSSR count). The van der Waals surface area contributed by atoms with Gasteiger partial charge in [-0.3, -0.25) is 4.79 Å². The Balaban J connectivity index is 1.78. The lowest BCUT2D eigenvalue weighted by Crippen LogP contribution is -2.55. The lowest BCUT2D eigenvalue weighted by atomic mass is 9.68. The highest BCUT2D eigenvalue weighted by molar-refractivity contribution is 6.26.